The van der Waals surface area contributed by atoms with Crippen molar-refractivity contribution in [2.75, 3.05) is 0 Å². The zero-order valence-corrected chi connectivity index (χ0v) is 21.5. The first-order valence-corrected chi connectivity index (χ1v) is 13.2. The fraction of sp³-hybridized carbons (Fsp3) is 0.533. The van der Waals surface area contributed by atoms with Crippen molar-refractivity contribution in [3.8, 4) is 11.1 Å². The molecule has 4 heteroatoms. The molecule has 0 spiro atoms. The third-order valence-corrected chi connectivity index (χ3v) is 6.29. The lowest BCUT2D eigenvalue weighted by atomic mass is 9.95. The van der Waals surface area contributed by atoms with Crippen molar-refractivity contribution in [1.82, 2.24) is 0 Å². The largest absolute Gasteiger partial charge is 0.459 e. The van der Waals surface area contributed by atoms with Gasteiger partial charge in [0.25, 0.3) is 0 Å². The highest BCUT2D eigenvalue weighted by Crippen LogP contribution is 2.29. The Hall–Kier alpha value is -2.62. The van der Waals surface area contributed by atoms with E-state index in [0.29, 0.717) is 11.1 Å². The smallest absolute Gasteiger partial charge is 0.339 e. The predicted octanol–water partition coefficient (Wildman–Crippen LogP) is 8.39. The molecular formula is C30H42O4. The summed E-state index contributed by atoms with van der Waals surface area (Å²) in [5, 5.41) is 0. The Labute approximate surface area is 206 Å². The summed E-state index contributed by atoms with van der Waals surface area (Å²) in [6, 6.07) is 15.0. The van der Waals surface area contributed by atoms with Crippen LogP contribution in [0.5, 0.6) is 0 Å². The van der Waals surface area contributed by atoms with Gasteiger partial charge in [-0.2, -0.15) is 0 Å². The second-order valence-corrected chi connectivity index (χ2v) is 8.96. The van der Waals surface area contributed by atoms with Crippen molar-refractivity contribution >= 4 is 11.9 Å². The molecule has 0 saturated carbocycles. The fourth-order valence-corrected chi connectivity index (χ4v) is 4.16. The number of benzene rings is 2. The van der Waals surface area contributed by atoms with Gasteiger partial charge in [-0.1, -0.05) is 95.8 Å². The van der Waals surface area contributed by atoms with Crippen LogP contribution in [0.2, 0.25) is 0 Å². The van der Waals surface area contributed by atoms with Crippen LogP contribution in [0.3, 0.4) is 0 Å². The Morgan fingerprint density at radius 2 is 1.24 bits per heavy atom. The van der Waals surface area contributed by atoms with Crippen LogP contribution in [0.15, 0.2) is 48.5 Å². The van der Waals surface area contributed by atoms with E-state index < -0.39 is 11.9 Å². The van der Waals surface area contributed by atoms with E-state index in [1.54, 1.807) is 6.07 Å². The first kappa shape index (κ1) is 27.6. The highest BCUT2D eigenvalue weighted by Gasteiger charge is 2.27. The molecule has 0 aliphatic heterocycles. The molecule has 34 heavy (non-hydrogen) atoms. The molecule has 0 aromatic heterocycles. The van der Waals surface area contributed by atoms with Crippen LogP contribution in [-0.2, 0) is 9.47 Å². The molecule has 0 radical (unpaired) electrons. The summed E-state index contributed by atoms with van der Waals surface area (Å²) in [7, 11) is 0. The number of esters is 2. The maximum Gasteiger partial charge on any atom is 0.339 e. The summed E-state index contributed by atoms with van der Waals surface area (Å²) < 4.78 is 11.8. The lowest BCUT2D eigenvalue weighted by Gasteiger charge is -2.21. The van der Waals surface area contributed by atoms with Gasteiger partial charge < -0.3 is 9.47 Å². The molecule has 2 aromatic carbocycles. The normalized spacial score (nSPS) is 12.7. The molecule has 0 fully saturated rings. The van der Waals surface area contributed by atoms with E-state index in [1.807, 2.05) is 56.3 Å². The van der Waals surface area contributed by atoms with Crippen molar-refractivity contribution in [3.05, 3.63) is 59.7 Å². The average Bonchev–Trinajstić information content (AvgIpc) is 2.87. The number of carbonyl (C=O) groups excluding carboxylic acids is 2. The van der Waals surface area contributed by atoms with Crippen molar-refractivity contribution in [2.45, 2.75) is 104 Å². The standard InChI is InChI=1S/C30H42O4/c1-5-9-12-19-24(7-3)33-29(31)27-22-16-21-26(23-17-14-11-15-18-23)28(27)30(32)34-25(8-4)20-13-10-6-2/h11,14-18,21-22,24-25H,5-10,12-13,19-20H2,1-4H3. The Kier molecular flexibility index (Phi) is 12.4. The lowest BCUT2D eigenvalue weighted by Crippen LogP contribution is -2.23. The Bertz CT molecular complexity index is 875. The fourth-order valence-electron chi connectivity index (χ4n) is 4.16. The molecule has 2 rings (SSSR count). The van der Waals surface area contributed by atoms with Crippen molar-refractivity contribution in [2.24, 2.45) is 0 Å². The minimum atomic E-state index is -0.452. The van der Waals surface area contributed by atoms with E-state index >= 15 is 0 Å². The zero-order valence-electron chi connectivity index (χ0n) is 21.5. The van der Waals surface area contributed by atoms with Gasteiger partial charge in [0, 0.05) is 0 Å². The quantitative estimate of drug-likeness (QED) is 0.195. The Morgan fingerprint density at radius 1 is 0.676 bits per heavy atom. The maximum atomic E-state index is 13.5. The highest BCUT2D eigenvalue weighted by molar-refractivity contribution is 6.08. The van der Waals surface area contributed by atoms with E-state index in [0.717, 1.165) is 69.8 Å². The Balaban J connectivity index is 2.37. The molecule has 0 N–H and O–H groups in total. The topological polar surface area (TPSA) is 52.6 Å². The van der Waals surface area contributed by atoms with Gasteiger partial charge in [-0.25, -0.2) is 9.59 Å². The van der Waals surface area contributed by atoms with Gasteiger partial charge in [-0.05, 0) is 55.7 Å². The van der Waals surface area contributed by atoms with Crippen LogP contribution in [0.25, 0.3) is 11.1 Å². The lowest BCUT2D eigenvalue weighted by molar-refractivity contribution is 0.0220. The molecule has 2 atom stereocenters. The van der Waals surface area contributed by atoms with Crippen LogP contribution in [0.4, 0.5) is 0 Å². The van der Waals surface area contributed by atoms with Crippen LogP contribution in [0.1, 0.15) is 113 Å². The molecule has 0 aliphatic rings. The predicted molar refractivity (Wildman–Crippen MR) is 139 cm³/mol. The van der Waals surface area contributed by atoms with Gasteiger partial charge in [0.2, 0.25) is 0 Å². The number of hydrogen-bond donors (Lipinski definition) is 0. The van der Waals surface area contributed by atoms with E-state index in [-0.39, 0.29) is 17.8 Å². The van der Waals surface area contributed by atoms with Crippen molar-refractivity contribution < 1.29 is 19.1 Å². The minimum absolute atomic E-state index is 0.152. The van der Waals surface area contributed by atoms with Gasteiger partial charge in [-0.15, -0.1) is 0 Å². The first-order valence-electron chi connectivity index (χ1n) is 13.2. The molecule has 186 valence electrons. The number of rotatable bonds is 15. The average molecular weight is 467 g/mol. The van der Waals surface area contributed by atoms with Crippen LogP contribution < -0.4 is 0 Å². The van der Waals surface area contributed by atoms with Crippen molar-refractivity contribution in [3.63, 3.8) is 0 Å². The van der Waals surface area contributed by atoms with Gasteiger partial charge in [0.05, 0.1) is 11.1 Å². The summed E-state index contributed by atoms with van der Waals surface area (Å²) >= 11 is 0. The summed E-state index contributed by atoms with van der Waals surface area (Å²) in [5.41, 5.74) is 2.15. The second kappa shape index (κ2) is 15.3. The monoisotopic (exact) mass is 466 g/mol. The first-order chi connectivity index (χ1) is 16.5. The molecule has 4 nitrogen and oxygen atoms in total. The zero-order chi connectivity index (χ0) is 24.8. The molecule has 2 aromatic rings. The van der Waals surface area contributed by atoms with E-state index in [9.17, 15) is 9.59 Å². The van der Waals surface area contributed by atoms with E-state index in [1.165, 1.54) is 0 Å². The second-order valence-electron chi connectivity index (χ2n) is 8.96. The number of hydrogen-bond acceptors (Lipinski definition) is 4. The van der Waals surface area contributed by atoms with Crippen LogP contribution in [0, 0.1) is 0 Å². The minimum Gasteiger partial charge on any atom is -0.459 e. The molecule has 0 amide bonds. The van der Waals surface area contributed by atoms with Gasteiger partial charge >= 0.3 is 11.9 Å². The van der Waals surface area contributed by atoms with Gasteiger partial charge in [0.15, 0.2) is 0 Å². The van der Waals surface area contributed by atoms with E-state index in [2.05, 4.69) is 13.8 Å². The maximum absolute atomic E-state index is 13.5. The number of unbranched alkanes of at least 4 members (excludes halogenated alkanes) is 4. The SMILES string of the molecule is CCCCCC(CC)OC(=O)c1cccc(-c2ccccc2)c1C(=O)OC(CC)CCCCC. The summed E-state index contributed by atoms with van der Waals surface area (Å²) in [6.07, 6.45) is 9.37. The molecule has 0 bridgehead atoms. The molecule has 0 aliphatic carbocycles. The highest BCUT2D eigenvalue weighted by atomic mass is 16.5. The van der Waals surface area contributed by atoms with Gasteiger partial charge in [-0.3, -0.25) is 0 Å². The molecule has 0 saturated heterocycles. The molecule has 2 unspecified atom stereocenters. The van der Waals surface area contributed by atoms with Crippen LogP contribution >= 0.6 is 0 Å². The van der Waals surface area contributed by atoms with Crippen LogP contribution in [-0.4, -0.2) is 24.1 Å². The third kappa shape index (κ3) is 8.30. The van der Waals surface area contributed by atoms with Crippen molar-refractivity contribution in [1.29, 1.82) is 0 Å². The number of ether oxygens (including phenoxy) is 2. The van der Waals surface area contributed by atoms with E-state index in [4.69, 9.17) is 9.47 Å². The summed E-state index contributed by atoms with van der Waals surface area (Å²) in [6.45, 7) is 8.38. The molecular weight excluding hydrogens is 424 g/mol. The third-order valence-electron chi connectivity index (χ3n) is 6.29. The molecule has 0 heterocycles. The number of carbonyl (C=O) groups is 2. The summed E-state index contributed by atoms with van der Waals surface area (Å²) in [4.78, 5) is 26.8. The van der Waals surface area contributed by atoms with Gasteiger partial charge in [0.1, 0.15) is 12.2 Å². The summed E-state index contributed by atoms with van der Waals surface area (Å²) in [5.74, 6) is -0.902. The Morgan fingerprint density at radius 3 is 1.76 bits per heavy atom.